The molecule has 0 aromatic heterocycles. The predicted octanol–water partition coefficient (Wildman–Crippen LogP) is 4.45. The first-order valence-corrected chi connectivity index (χ1v) is 8.84. The Morgan fingerprint density at radius 1 is 0.889 bits per heavy atom. The zero-order chi connectivity index (χ0) is 19.2. The third kappa shape index (κ3) is 4.61. The van der Waals surface area contributed by atoms with E-state index in [0.29, 0.717) is 16.8 Å². The van der Waals surface area contributed by atoms with Crippen LogP contribution in [0.1, 0.15) is 27.0 Å². The van der Waals surface area contributed by atoms with Gasteiger partial charge in [-0.05, 0) is 30.7 Å². The van der Waals surface area contributed by atoms with Gasteiger partial charge in [0.1, 0.15) is 0 Å². The normalized spacial score (nSPS) is 10.3. The van der Waals surface area contributed by atoms with Crippen LogP contribution in [0.5, 0.6) is 0 Å². The van der Waals surface area contributed by atoms with Crippen LogP contribution in [0, 0.1) is 6.92 Å². The molecule has 0 bridgehead atoms. The van der Waals surface area contributed by atoms with Gasteiger partial charge in [0, 0.05) is 23.9 Å². The molecule has 3 rings (SSSR count). The summed E-state index contributed by atoms with van der Waals surface area (Å²) in [4.78, 5) is 25.4. The van der Waals surface area contributed by atoms with E-state index in [1.807, 2.05) is 55.5 Å². The van der Waals surface area contributed by atoms with Crippen LogP contribution in [0.3, 0.4) is 0 Å². The molecule has 4 heteroatoms. The Bertz CT molecular complexity index is 948. The molecule has 136 valence electrons. The van der Waals surface area contributed by atoms with Crippen molar-refractivity contribution in [3.63, 3.8) is 0 Å². The Hall–Kier alpha value is -3.40. The van der Waals surface area contributed by atoms with Crippen LogP contribution in [0.4, 0.5) is 11.4 Å². The molecule has 0 saturated heterocycles. The highest BCUT2D eigenvalue weighted by molar-refractivity contribution is 6.14. The van der Waals surface area contributed by atoms with Crippen LogP contribution in [-0.2, 0) is 11.2 Å². The van der Waals surface area contributed by atoms with Crippen molar-refractivity contribution in [1.29, 1.82) is 0 Å². The Morgan fingerprint density at radius 2 is 1.59 bits per heavy atom. The summed E-state index contributed by atoms with van der Waals surface area (Å²) in [6.07, 6.45) is 0.257. The second-order valence-electron chi connectivity index (χ2n) is 6.42. The molecule has 3 aromatic rings. The van der Waals surface area contributed by atoms with Crippen molar-refractivity contribution in [2.24, 2.45) is 0 Å². The van der Waals surface area contributed by atoms with Gasteiger partial charge in [0.05, 0.1) is 12.1 Å². The Kier molecular flexibility index (Phi) is 5.67. The number of rotatable bonds is 6. The lowest BCUT2D eigenvalue weighted by atomic mass is 10.0. The maximum atomic E-state index is 12.9. The van der Waals surface area contributed by atoms with Crippen molar-refractivity contribution in [2.75, 3.05) is 17.7 Å². The molecule has 0 heterocycles. The van der Waals surface area contributed by atoms with Crippen molar-refractivity contribution < 1.29 is 9.59 Å². The van der Waals surface area contributed by atoms with Gasteiger partial charge in [0.25, 0.3) is 0 Å². The van der Waals surface area contributed by atoms with Crippen molar-refractivity contribution in [1.82, 2.24) is 0 Å². The number of ketones is 1. The zero-order valence-electron chi connectivity index (χ0n) is 15.5. The lowest BCUT2D eigenvalue weighted by Crippen LogP contribution is -2.17. The van der Waals surface area contributed by atoms with Crippen LogP contribution < -0.4 is 10.6 Å². The van der Waals surface area contributed by atoms with E-state index in [1.54, 1.807) is 31.3 Å². The fourth-order valence-corrected chi connectivity index (χ4v) is 2.83. The molecule has 0 saturated carbocycles. The molecule has 0 atom stereocenters. The number of hydrogen-bond donors (Lipinski definition) is 2. The first-order chi connectivity index (χ1) is 13.1. The topological polar surface area (TPSA) is 58.2 Å². The van der Waals surface area contributed by atoms with Crippen LogP contribution in [0.15, 0.2) is 72.8 Å². The Morgan fingerprint density at radius 3 is 2.26 bits per heavy atom. The minimum atomic E-state index is -0.154. The molecule has 27 heavy (non-hydrogen) atoms. The largest absolute Gasteiger partial charge is 0.388 e. The first kappa shape index (κ1) is 18.4. The number of hydrogen-bond acceptors (Lipinski definition) is 3. The standard InChI is InChI=1S/C23H22N2O2/c1-16-8-10-17(11-9-16)14-22(26)25-21-13-12-19(24-2)15-20(21)23(27)18-6-4-3-5-7-18/h3-13,15,24H,14H2,1-2H3,(H,25,26). The maximum absolute atomic E-state index is 12.9. The molecule has 0 aliphatic carbocycles. The van der Waals surface area contributed by atoms with Crippen LogP contribution >= 0.6 is 0 Å². The van der Waals surface area contributed by atoms with E-state index >= 15 is 0 Å². The molecule has 0 radical (unpaired) electrons. The predicted molar refractivity (Wildman–Crippen MR) is 109 cm³/mol. The molecular formula is C23H22N2O2. The van der Waals surface area contributed by atoms with Crippen LogP contribution in [0.2, 0.25) is 0 Å². The summed E-state index contributed by atoms with van der Waals surface area (Å²) in [5.41, 5.74) is 4.45. The number of benzene rings is 3. The zero-order valence-corrected chi connectivity index (χ0v) is 15.5. The molecule has 0 fully saturated rings. The Balaban J connectivity index is 1.85. The first-order valence-electron chi connectivity index (χ1n) is 8.84. The molecule has 1 amide bonds. The minimum Gasteiger partial charge on any atom is -0.388 e. The summed E-state index contributed by atoms with van der Waals surface area (Å²) in [5, 5.41) is 5.92. The summed E-state index contributed by atoms with van der Waals surface area (Å²) in [6.45, 7) is 2.01. The van der Waals surface area contributed by atoms with Gasteiger partial charge in [0.15, 0.2) is 5.78 Å². The molecule has 0 spiro atoms. The van der Waals surface area contributed by atoms with E-state index in [2.05, 4.69) is 10.6 Å². The third-order valence-corrected chi connectivity index (χ3v) is 4.35. The molecule has 2 N–H and O–H groups in total. The molecule has 0 aliphatic rings. The van der Waals surface area contributed by atoms with Gasteiger partial charge in [-0.3, -0.25) is 9.59 Å². The number of carbonyl (C=O) groups is 2. The van der Waals surface area contributed by atoms with Gasteiger partial charge in [-0.15, -0.1) is 0 Å². The van der Waals surface area contributed by atoms with E-state index in [0.717, 1.165) is 16.8 Å². The fraction of sp³-hybridized carbons (Fsp3) is 0.130. The van der Waals surface area contributed by atoms with Crippen LogP contribution in [0.25, 0.3) is 0 Å². The van der Waals surface area contributed by atoms with Gasteiger partial charge < -0.3 is 10.6 Å². The summed E-state index contributed by atoms with van der Waals surface area (Å²) >= 11 is 0. The van der Waals surface area contributed by atoms with E-state index < -0.39 is 0 Å². The lowest BCUT2D eigenvalue weighted by molar-refractivity contribution is -0.115. The quantitative estimate of drug-likeness (QED) is 0.640. The van der Waals surface area contributed by atoms with Gasteiger partial charge in [-0.1, -0.05) is 60.2 Å². The Labute approximate surface area is 159 Å². The van der Waals surface area contributed by atoms with Gasteiger partial charge in [-0.2, -0.15) is 0 Å². The van der Waals surface area contributed by atoms with E-state index in [1.165, 1.54) is 0 Å². The highest BCUT2D eigenvalue weighted by Gasteiger charge is 2.16. The third-order valence-electron chi connectivity index (χ3n) is 4.35. The molecule has 0 unspecified atom stereocenters. The average molecular weight is 358 g/mol. The number of amides is 1. The van der Waals surface area contributed by atoms with E-state index in [9.17, 15) is 9.59 Å². The summed E-state index contributed by atoms with van der Waals surface area (Å²) in [7, 11) is 1.79. The molecule has 4 nitrogen and oxygen atoms in total. The van der Waals surface area contributed by atoms with Gasteiger partial charge in [0.2, 0.25) is 5.91 Å². The molecule has 0 aliphatic heterocycles. The van der Waals surface area contributed by atoms with Crippen molar-refractivity contribution in [3.8, 4) is 0 Å². The van der Waals surface area contributed by atoms with E-state index in [4.69, 9.17) is 0 Å². The SMILES string of the molecule is CNc1ccc(NC(=O)Cc2ccc(C)cc2)c(C(=O)c2ccccc2)c1. The van der Waals surface area contributed by atoms with Crippen molar-refractivity contribution >= 4 is 23.1 Å². The second-order valence-corrected chi connectivity index (χ2v) is 6.42. The molecular weight excluding hydrogens is 336 g/mol. The second kappa shape index (κ2) is 8.32. The summed E-state index contributed by atoms with van der Waals surface area (Å²) in [5.74, 6) is -0.281. The lowest BCUT2D eigenvalue weighted by Gasteiger charge is -2.13. The maximum Gasteiger partial charge on any atom is 0.228 e. The minimum absolute atomic E-state index is 0.127. The fourth-order valence-electron chi connectivity index (χ4n) is 2.83. The monoisotopic (exact) mass is 358 g/mol. The van der Waals surface area contributed by atoms with Gasteiger partial charge in [-0.25, -0.2) is 0 Å². The van der Waals surface area contributed by atoms with Crippen molar-refractivity contribution in [3.05, 3.63) is 95.1 Å². The highest BCUT2D eigenvalue weighted by Crippen LogP contribution is 2.24. The number of nitrogens with one attached hydrogen (secondary N) is 2. The van der Waals surface area contributed by atoms with Crippen LogP contribution in [-0.4, -0.2) is 18.7 Å². The van der Waals surface area contributed by atoms with Gasteiger partial charge >= 0.3 is 0 Å². The number of aryl methyl sites for hydroxylation is 1. The van der Waals surface area contributed by atoms with E-state index in [-0.39, 0.29) is 18.1 Å². The molecule has 3 aromatic carbocycles. The van der Waals surface area contributed by atoms with Crippen molar-refractivity contribution in [2.45, 2.75) is 13.3 Å². The number of carbonyl (C=O) groups excluding carboxylic acids is 2. The summed E-state index contributed by atoms with van der Waals surface area (Å²) < 4.78 is 0. The highest BCUT2D eigenvalue weighted by atomic mass is 16.1. The summed E-state index contributed by atoms with van der Waals surface area (Å²) in [6, 6.07) is 22.3. The smallest absolute Gasteiger partial charge is 0.228 e. The number of anilines is 2. The average Bonchev–Trinajstić information content (AvgIpc) is 2.70.